The fourth-order valence-corrected chi connectivity index (χ4v) is 2.45. The lowest BCUT2D eigenvalue weighted by molar-refractivity contribution is 1.06. The molecule has 0 saturated heterocycles. The first kappa shape index (κ1) is 11.5. The van der Waals surface area contributed by atoms with Crippen LogP contribution >= 0.6 is 23.2 Å². The first-order chi connectivity index (χ1) is 8.72. The van der Waals surface area contributed by atoms with Crippen molar-refractivity contribution in [1.29, 1.82) is 0 Å². The molecule has 3 nitrogen and oxygen atoms in total. The van der Waals surface area contributed by atoms with Crippen LogP contribution in [0, 0.1) is 0 Å². The summed E-state index contributed by atoms with van der Waals surface area (Å²) in [6.45, 7) is 0. The molecule has 0 N–H and O–H groups in total. The molecule has 0 aliphatic rings. The maximum atomic E-state index is 12.2. The van der Waals surface area contributed by atoms with Gasteiger partial charge in [-0.3, -0.25) is 9.20 Å². The van der Waals surface area contributed by atoms with Gasteiger partial charge < -0.3 is 0 Å². The Morgan fingerprint density at radius 3 is 2.78 bits per heavy atom. The number of fused-ring (bicyclic) bond motifs is 3. The van der Waals surface area contributed by atoms with Crippen LogP contribution in [0.2, 0.25) is 5.02 Å². The van der Waals surface area contributed by atoms with Crippen LogP contribution in [0.25, 0.3) is 16.6 Å². The molecule has 0 radical (unpaired) electrons. The number of nitrogens with zero attached hydrogens (tertiary/aromatic N) is 2. The minimum Gasteiger partial charge on any atom is -0.267 e. The number of alkyl halides is 1. The van der Waals surface area contributed by atoms with E-state index in [-0.39, 0.29) is 16.5 Å². The van der Waals surface area contributed by atoms with Crippen molar-refractivity contribution in [3.05, 3.63) is 57.5 Å². The zero-order valence-corrected chi connectivity index (χ0v) is 10.7. The highest BCUT2D eigenvalue weighted by molar-refractivity contribution is 6.32. The highest BCUT2D eigenvalue weighted by atomic mass is 35.5. The standard InChI is InChI=1S/C13H8Cl2N2O/c14-7-9-12(15)13(18)17-10-5-3-1-2-4-8(10)6-11(17)16-9/h1-6H,7H2. The minimum absolute atomic E-state index is 0.0847. The second-order valence-corrected chi connectivity index (χ2v) is 4.55. The molecule has 5 heteroatoms. The largest absolute Gasteiger partial charge is 0.277 e. The summed E-state index contributed by atoms with van der Waals surface area (Å²) in [5, 5.41) is 1.02. The summed E-state index contributed by atoms with van der Waals surface area (Å²) in [4.78, 5) is 16.5. The van der Waals surface area contributed by atoms with Crippen molar-refractivity contribution >= 4 is 39.8 Å². The Labute approximate surface area is 113 Å². The maximum absolute atomic E-state index is 12.2. The lowest BCUT2D eigenvalue weighted by Gasteiger charge is -2.00. The lowest BCUT2D eigenvalue weighted by Crippen LogP contribution is -2.16. The third-order valence-corrected chi connectivity index (χ3v) is 3.46. The van der Waals surface area contributed by atoms with E-state index in [1.54, 1.807) is 0 Å². The summed E-state index contributed by atoms with van der Waals surface area (Å²) in [5.74, 6) is 0.125. The van der Waals surface area contributed by atoms with Gasteiger partial charge in [-0.1, -0.05) is 35.9 Å². The smallest absolute Gasteiger partial charge is 0.267 e. The molecule has 90 valence electrons. The molecule has 3 rings (SSSR count). The van der Waals surface area contributed by atoms with Crippen LogP contribution in [0.3, 0.4) is 0 Å². The van der Waals surface area contributed by atoms with E-state index in [9.17, 15) is 4.79 Å². The second-order valence-electron chi connectivity index (χ2n) is 3.90. The molecule has 0 unspecified atom stereocenters. The third-order valence-electron chi connectivity index (χ3n) is 2.82. The molecule has 0 fully saturated rings. The van der Waals surface area contributed by atoms with Crippen molar-refractivity contribution in [3.63, 3.8) is 0 Å². The Bertz CT molecular complexity index is 811. The molecule has 0 saturated carbocycles. The molecule has 2 heterocycles. The van der Waals surface area contributed by atoms with Crippen LogP contribution in [0.4, 0.5) is 0 Å². The molecule has 0 aliphatic carbocycles. The van der Waals surface area contributed by atoms with Gasteiger partial charge in [-0.2, -0.15) is 0 Å². The van der Waals surface area contributed by atoms with Crippen molar-refractivity contribution < 1.29 is 0 Å². The van der Waals surface area contributed by atoms with Crippen molar-refractivity contribution in [1.82, 2.24) is 9.38 Å². The molecule has 0 spiro atoms. The van der Waals surface area contributed by atoms with Crippen molar-refractivity contribution in [3.8, 4) is 0 Å². The monoisotopic (exact) mass is 278 g/mol. The van der Waals surface area contributed by atoms with Crippen LogP contribution in [0.15, 0.2) is 41.2 Å². The van der Waals surface area contributed by atoms with Gasteiger partial charge in [0.2, 0.25) is 0 Å². The number of aromatic nitrogens is 2. The predicted octanol–water partition coefficient (Wildman–Crippen LogP) is 3.24. The second kappa shape index (κ2) is 4.26. The SMILES string of the molecule is O=c1c(Cl)c(CCl)nc2cc3cccccc3n12. The van der Waals surface area contributed by atoms with Crippen LogP contribution in [-0.2, 0) is 5.88 Å². The average Bonchev–Trinajstić information content (AvgIpc) is 2.56. The Morgan fingerprint density at radius 1 is 1.22 bits per heavy atom. The molecular formula is C13H8Cl2N2O. The summed E-state index contributed by atoms with van der Waals surface area (Å²) in [6, 6.07) is 11.3. The molecular weight excluding hydrogens is 271 g/mol. The summed E-state index contributed by atoms with van der Waals surface area (Å²) in [7, 11) is 0. The van der Waals surface area contributed by atoms with Crippen LogP contribution in [0.1, 0.15) is 5.69 Å². The number of rotatable bonds is 1. The van der Waals surface area contributed by atoms with Crippen LogP contribution in [0.5, 0.6) is 0 Å². The van der Waals surface area contributed by atoms with Gasteiger partial charge in [0.05, 0.1) is 17.1 Å². The van der Waals surface area contributed by atoms with Gasteiger partial charge in [-0.25, -0.2) is 4.98 Å². The normalized spacial score (nSPS) is 11.2. The van der Waals surface area contributed by atoms with E-state index in [4.69, 9.17) is 23.2 Å². The van der Waals surface area contributed by atoms with Crippen molar-refractivity contribution in [2.24, 2.45) is 0 Å². The first-order valence-corrected chi connectivity index (χ1v) is 6.28. The van der Waals surface area contributed by atoms with Crippen molar-refractivity contribution in [2.45, 2.75) is 5.88 Å². The van der Waals surface area contributed by atoms with Gasteiger partial charge >= 0.3 is 0 Å². The minimum atomic E-state index is -0.279. The summed E-state index contributed by atoms with van der Waals surface area (Å²) >= 11 is 11.7. The molecule has 3 aromatic rings. The number of halogens is 2. The molecule has 0 atom stereocenters. The Hall–Kier alpha value is -1.58. The van der Waals surface area contributed by atoms with Gasteiger partial charge in [-0.05, 0) is 12.1 Å². The van der Waals surface area contributed by atoms with Crippen LogP contribution in [-0.4, -0.2) is 9.38 Å². The van der Waals surface area contributed by atoms with Gasteiger partial charge in [0, 0.05) is 5.39 Å². The van der Waals surface area contributed by atoms with E-state index in [1.807, 2.05) is 36.4 Å². The van der Waals surface area contributed by atoms with Gasteiger partial charge in [0.15, 0.2) is 0 Å². The Morgan fingerprint density at radius 2 is 2.00 bits per heavy atom. The van der Waals surface area contributed by atoms with E-state index in [1.165, 1.54) is 4.40 Å². The Balaban J connectivity index is 2.59. The Kier molecular flexibility index (Phi) is 2.73. The van der Waals surface area contributed by atoms with E-state index in [0.717, 1.165) is 10.9 Å². The third kappa shape index (κ3) is 1.59. The van der Waals surface area contributed by atoms with E-state index in [0.29, 0.717) is 11.3 Å². The highest BCUT2D eigenvalue weighted by Gasteiger charge is 2.12. The fraction of sp³-hybridized carbons (Fsp3) is 0.0769. The van der Waals surface area contributed by atoms with Gasteiger partial charge in [0.1, 0.15) is 10.7 Å². The van der Waals surface area contributed by atoms with Gasteiger partial charge in [0.25, 0.3) is 5.56 Å². The molecule has 1 aromatic carbocycles. The molecule has 2 aromatic heterocycles. The van der Waals surface area contributed by atoms with E-state index in [2.05, 4.69) is 4.98 Å². The topological polar surface area (TPSA) is 34.4 Å². The first-order valence-electron chi connectivity index (χ1n) is 5.37. The summed E-state index contributed by atoms with van der Waals surface area (Å²) < 4.78 is 1.51. The number of hydrogen-bond donors (Lipinski definition) is 0. The zero-order chi connectivity index (χ0) is 12.7. The lowest BCUT2D eigenvalue weighted by atomic mass is 10.3. The zero-order valence-electron chi connectivity index (χ0n) is 9.23. The van der Waals surface area contributed by atoms with E-state index < -0.39 is 0 Å². The molecule has 0 aliphatic heterocycles. The summed E-state index contributed by atoms with van der Waals surface area (Å²) in [6.07, 6.45) is 0. The molecule has 18 heavy (non-hydrogen) atoms. The van der Waals surface area contributed by atoms with Crippen LogP contribution < -0.4 is 5.56 Å². The number of hydrogen-bond acceptors (Lipinski definition) is 2. The van der Waals surface area contributed by atoms with E-state index >= 15 is 0 Å². The summed E-state index contributed by atoms with van der Waals surface area (Å²) in [5.41, 5.74) is 1.50. The molecule has 0 bridgehead atoms. The van der Waals surface area contributed by atoms with Crippen molar-refractivity contribution in [2.75, 3.05) is 0 Å². The average molecular weight is 279 g/mol. The highest BCUT2D eigenvalue weighted by Crippen LogP contribution is 2.19. The van der Waals surface area contributed by atoms with Gasteiger partial charge in [-0.15, -0.1) is 11.6 Å². The fourth-order valence-electron chi connectivity index (χ4n) is 2.00. The quantitative estimate of drug-likeness (QED) is 0.641. The maximum Gasteiger partial charge on any atom is 0.277 e. The molecule has 0 amide bonds. The predicted molar refractivity (Wildman–Crippen MR) is 73.5 cm³/mol.